The van der Waals surface area contributed by atoms with Gasteiger partial charge in [-0.3, -0.25) is 0 Å². The molecule has 2 aliphatic heterocycles. The van der Waals surface area contributed by atoms with E-state index in [1.54, 1.807) is 13.3 Å². The minimum absolute atomic E-state index is 0.0531. The van der Waals surface area contributed by atoms with Crippen LogP contribution in [-0.4, -0.2) is 47.8 Å². The van der Waals surface area contributed by atoms with Crippen molar-refractivity contribution < 1.29 is 14.3 Å². The average Bonchev–Trinajstić information content (AvgIpc) is 3.00. The number of nitrogens with zero attached hydrogens (tertiary/aromatic N) is 2. The highest BCUT2D eigenvalue weighted by atomic mass is 16.5. The topological polar surface area (TPSA) is 63.7 Å². The molecule has 0 aliphatic carbocycles. The molecule has 2 bridgehead atoms. The Balaban J connectivity index is 1.27. The second kappa shape index (κ2) is 8.50. The van der Waals surface area contributed by atoms with Gasteiger partial charge in [-0.05, 0) is 43.0 Å². The predicted octanol–water partition coefficient (Wildman–Crippen LogP) is 3.42. The Morgan fingerprint density at radius 1 is 1.14 bits per heavy atom. The zero-order valence-electron chi connectivity index (χ0n) is 16.2. The van der Waals surface area contributed by atoms with E-state index in [2.05, 4.69) is 10.3 Å². The van der Waals surface area contributed by atoms with Crippen LogP contribution in [-0.2, 0) is 6.42 Å². The van der Waals surface area contributed by atoms with Gasteiger partial charge >= 0.3 is 6.03 Å². The van der Waals surface area contributed by atoms with Crippen molar-refractivity contribution in [2.24, 2.45) is 0 Å². The van der Waals surface area contributed by atoms with E-state index in [1.807, 2.05) is 47.4 Å². The standard InChI is InChI=1S/C22H27N3O3/c1-27-19-9-5-16(6-10-19)11-13-24-22(26)25-17-7-8-18(25)15-20(14-17)28-21-4-2-3-12-23-21/h2-6,9-10,12,17-18,20H,7-8,11,13-15H2,1H3,(H,24,26). The highest BCUT2D eigenvalue weighted by molar-refractivity contribution is 5.75. The highest BCUT2D eigenvalue weighted by Crippen LogP contribution is 2.37. The van der Waals surface area contributed by atoms with Crippen LogP contribution in [0.25, 0.3) is 0 Å². The smallest absolute Gasteiger partial charge is 0.317 e. The first kappa shape index (κ1) is 18.6. The number of carbonyl (C=O) groups excluding carboxylic acids is 1. The lowest BCUT2D eigenvalue weighted by atomic mass is 10.00. The molecular weight excluding hydrogens is 354 g/mol. The second-order valence-corrected chi connectivity index (χ2v) is 7.50. The molecule has 0 radical (unpaired) electrons. The summed E-state index contributed by atoms with van der Waals surface area (Å²) in [6.45, 7) is 0.634. The van der Waals surface area contributed by atoms with Crippen LogP contribution in [0.3, 0.4) is 0 Å². The summed E-state index contributed by atoms with van der Waals surface area (Å²) in [4.78, 5) is 19.1. The Bertz CT molecular complexity index is 767. The summed E-state index contributed by atoms with van der Waals surface area (Å²) in [7, 11) is 1.66. The molecule has 2 unspecified atom stereocenters. The number of benzene rings is 1. The van der Waals surface area contributed by atoms with Crippen molar-refractivity contribution in [2.75, 3.05) is 13.7 Å². The maximum absolute atomic E-state index is 12.8. The van der Waals surface area contributed by atoms with E-state index in [0.717, 1.165) is 37.9 Å². The monoisotopic (exact) mass is 381 g/mol. The number of hydrogen-bond donors (Lipinski definition) is 1. The number of carbonyl (C=O) groups is 1. The van der Waals surface area contributed by atoms with Gasteiger partial charge in [0.15, 0.2) is 0 Å². The molecule has 2 fully saturated rings. The van der Waals surface area contributed by atoms with Crippen molar-refractivity contribution >= 4 is 6.03 Å². The van der Waals surface area contributed by atoms with Crippen LogP contribution in [0.5, 0.6) is 11.6 Å². The number of methoxy groups -OCH3 is 1. The molecule has 1 N–H and O–H groups in total. The third-order valence-corrected chi connectivity index (χ3v) is 5.70. The molecule has 2 aliphatic rings. The number of nitrogens with one attached hydrogen (secondary N) is 1. The van der Waals surface area contributed by atoms with E-state index >= 15 is 0 Å². The van der Waals surface area contributed by atoms with Gasteiger partial charge in [0, 0.05) is 43.7 Å². The summed E-state index contributed by atoms with van der Waals surface area (Å²) < 4.78 is 11.2. The summed E-state index contributed by atoms with van der Waals surface area (Å²) in [5.41, 5.74) is 1.19. The molecule has 2 amide bonds. The molecule has 6 nitrogen and oxygen atoms in total. The number of aromatic nitrogens is 1. The number of urea groups is 1. The second-order valence-electron chi connectivity index (χ2n) is 7.50. The molecule has 28 heavy (non-hydrogen) atoms. The zero-order chi connectivity index (χ0) is 19.3. The molecule has 0 saturated carbocycles. The van der Waals surface area contributed by atoms with E-state index in [-0.39, 0.29) is 24.2 Å². The lowest BCUT2D eigenvalue weighted by Gasteiger charge is -2.38. The molecule has 4 rings (SSSR count). The Morgan fingerprint density at radius 3 is 2.54 bits per heavy atom. The molecule has 3 heterocycles. The van der Waals surface area contributed by atoms with Gasteiger partial charge < -0.3 is 19.7 Å². The van der Waals surface area contributed by atoms with E-state index < -0.39 is 0 Å². The van der Waals surface area contributed by atoms with Crippen molar-refractivity contribution in [3.05, 3.63) is 54.2 Å². The van der Waals surface area contributed by atoms with Gasteiger partial charge in [0.1, 0.15) is 11.9 Å². The summed E-state index contributed by atoms with van der Waals surface area (Å²) in [5.74, 6) is 1.52. The molecule has 0 spiro atoms. The van der Waals surface area contributed by atoms with Gasteiger partial charge in [0.05, 0.1) is 7.11 Å². The van der Waals surface area contributed by atoms with Gasteiger partial charge in [-0.1, -0.05) is 18.2 Å². The Morgan fingerprint density at radius 2 is 1.89 bits per heavy atom. The van der Waals surface area contributed by atoms with Gasteiger partial charge in [0.25, 0.3) is 0 Å². The van der Waals surface area contributed by atoms with Crippen molar-refractivity contribution in [2.45, 2.75) is 50.3 Å². The third-order valence-electron chi connectivity index (χ3n) is 5.70. The summed E-state index contributed by atoms with van der Waals surface area (Å²) in [5, 5.41) is 3.10. The first-order valence-corrected chi connectivity index (χ1v) is 9.99. The largest absolute Gasteiger partial charge is 0.497 e. The van der Waals surface area contributed by atoms with Crippen LogP contribution in [0.2, 0.25) is 0 Å². The number of hydrogen-bond acceptors (Lipinski definition) is 4. The Labute approximate surface area is 165 Å². The molecule has 2 saturated heterocycles. The maximum atomic E-state index is 12.8. The molecule has 148 valence electrons. The fourth-order valence-electron chi connectivity index (χ4n) is 4.34. The van der Waals surface area contributed by atoms with Gasteiger partial charge in [-0.15, -0.1) is 0 Å². The van der Waals surface area contributed by atoms with Gasteiger partial charge in [0.2, 0.25) is 5.88 Å². The third kappa shape index (κ3) is 4.21. The lowest BCUT2D eigenvalue weighted by Crippen LogP contribution is -2.53. The van der Waals surface area contributed by atoms with Crippen molar-refractivity contribution in [1.29, 1.82) is 0 Å². The van der Waals surface area contributed by atoms with Crippen LogP contribution < -0.4 is 14.8 Å². The summed E-state index contributed by atoms with van der Waals surface area (Å²) in [6, 6.07) is 14.2. The number of ether oxygens (including phenoxy) is 2. The molecule has 1 aromatic heterocycles. The van der Waals surface area contributed by atoms with Crippen LogP contribution in [0.1, 0.15) is 31.2 Å². The molecule has 6 heteroatoms. The Kier molecular flexibility index (Phi) is 5.65. The average molecular weight is 381 g/mol. The normalized spacial score (nSPS) is 23.3. The highest BCUT2D eigenvalue weighted by Gasteiger charge is 2.44. The van der Waals surface area contributed by atoms with Gasteiger partial charge in [-0.25, -0.2) is 9.78 Å². The first-order valence-electron chi connectivity index (χ1n) is 9.99. The molecule has 2 atom stereocenters. The Hall–Kier alpha value is -2.76. The molecule has 1 aromatic carbocycles. The minimum Gasteiger partial charge on any atom is -0.497 e. The van der Waals surface area contributed by atoms with E-state index in [1.165, 1.54) is 5.56 Å². The predicted molar refractivity (Wildman–Crippen MR) is 107 cm³/mol. The minimum atomic E-state index is 0.0531. The fraction of sp³-hybridized carbons (Fsp3) is 0.455. The van der Waals surface area contributed by atoms with E-state index in [4.69, 9.17) is 9.47 Å². The van der Waals surface area contributed by atoms with Crippen molar-refractivity contribution in [1.82, 2.24) is 15.2 Å². The van der Waals surface area contributed by atoms with Crippen LogP contribution in [0, 0.1) is 0 Å². The number of piperidine rings is 1. The molecular formula is C22H27N3O3. The number of fused-ring (bicyclic) bond motifs is 2. The van der Waals surface area contributed by atoms with Crippen molar-refractivity contribution in [3.8, 4) is 11.6 Å². The van der Waals surface area contributed by atoms with Crippen LogP contribution >= 0.6 is 0 Å². The number of rotatable bonds is 6. The fourth-order valence-corrected chi connectivity index (χ4v) is 4.34. The quantitative estimate of drug-likeness (QED) is 0.833. The molecule has 2 aromatic rings. The first-order chi connectivity index (χ1) is 13.7. The van der Waals surface area contributed by atoms with E-state index in [9.17, 15) is 4.79 Å². The van der Waals surface area contributed by atoms with Gasteiger partial charge in [-0.2, -0.15) is 0 Å². The number of pyridine rings is 1. The number of amides is 2. The van der Waals surface area contributed by atoms with E-state index in [0.29, 0.717) is 12.4 Å². The zero-order valence-corrected chi connectivity index (χ0v) is 16.2. The summed E-state index contributed by atoms with van der Waals surface area (Å²) in [6.07, 6.45) is 6.55. The lowest BCUT2D eigenvalue weighted by molar-refractivity contribution is 0.0662. The van der Waals surface area contributed by atoms with Crippen LogP contribution in [0.4, 0.5) is 4.79 Å². The summed E-state index contributed by atoms with van der Waals surface area (Å²) >= 11 is 0. The maximum Gasteiger partial charge on any atom is 0.317 e. The van der Waals surface area contributed by atoms with Crippen molar-refractivity contribution in [3.63, 3.8) is 0 Å². The van der Waals surface area contributed by atoms with Crippen LogP contribution in [0.15, 0.2) is 48.7 Å². The SMILES string of the molecule is COc1ccc(CCNC(=O)N2C3CCC2CC(Oc2ccccn2)C3)cc1.